The largest absolute Gasteiger partial charge is 0.478 e. The Morgan fingerprint density at radius 3 is 2.52 bits per heavy atom. The van der Waals surface area contributed by atoms with Crippen LogP contribution in [-0.2, 0) is 17.5 Å². The highest BCUT2D eigenvalue weighted by Gasteiger charge is 2.31. The van der Waals surface area contributed by atoms with Gasteiger partial charge in [0, 0.05) is 23.1 Å². The van der Waals surface area contributed by atoms with Crippen LogP contribution < -0.4 is 0 Å². The number of carboxylic acid groups (broad SMARTS) is 1. The fourth-order valence-corrected chi connectivity index (χ4v) is 2.58. The number of rotatable bonds is 4. The summed E-state index contributed by atoms with van der Waals surface area (Å²) in [5.41, 5.74) is -0.751. The number of aromatic nitrogens is 2. The average molecular weight is 382 g/mol. The standard InChI is InChI=1S/C18H11F5N2O2/c19-12-3-1-10(14(20)8-12)9-25-16-7-11(18(21,22)23)2-4-13(16)15(24-25)5-6-17(26)27/h1-8H,9H2,(H,26,27). The predicted molar refractivity (Wildman–Crippen MR) is 86.9 cm³/mol. The van der Waals surface area contributed by atoms with E-state index in [4.69, 9.17) is 5.11 Å². The second-order valence-corrected chi connectivity index (χ2v) is 5.68. The quantitative estimate of drug-likeness (QED) is 0.535. The van der Waals surface area contributed by atoms with Crippen LogP contribution in [0.4, 0.5) is 22.0 Å². The van der Waals surface area contributed by atoms with E-state index in [1.165, 1.54) is 12.1 Å². The first kappa shape index (κ1) is 18.6. The molecule has 27 heavy (non-hydrogen) atoms. The third kappa shape index (κ3) is 3.97. The van der Waals surface area contributed by atoms with Crippen LogP contribution in [0.15, 0.2) is 42.5 Å². The summed E-state index contributed by atoms with van der Waals surface area (Å²) in [7, 11) is 0. The average Bonchev–Trinajstić information content (AvgIpc) is 2.92. The van der Waals surface area contributed by atoms with Crippen molar-refractivity contribution in [3.63, 3.8) is 0 Å². The molecule has 3 aromatic rings. The molecule has 0 aliphatic heterocycles. The Labute approximate surface area is 149 Å². The van der Waals surface area contributed by atoms with Gasteiger partial charge in [-0.3, -0.25) is 4.68 Å². The van der Waals surface area contributed by atoms with Crippen molar-refractivity contribution in [2.75, 3.05) is 0 Å². The Kier molecular flexibility index (Phi) is 4.69. The van der Waals surface area contributed by atoms with E-state index in [2.05, 4.69) is 5.10 Å². The molecule has 2 aromatic carbocycles. The molecule has 0 amide bonds. The Balaban J connectivity index is 2.15. The SMILES string of the molecule is O=C(O)C=Cc1nn(Cc2ccc(F)cc2F)c2cc(C(F)(F)F)ccc12. The van der Waals surface area contributed by atoms with Crippen LogP contribution >= 0.6 is 0 Å². The molecule has 0 saturated carbocycles. The van der Waals surface area contributed by atoms with Crippen LogP contribution in [-0.4, -0.2) is 20.9 Å². The monoisotopic (exact) mass is 382 g/mol. The van der Waals surface area contributed by atoms with Gasteiger partial charge in [0.1, 0.15) is 11.6 Å². The van der Waals surface area contributed by atoms with Gasteiger partial charge in [-0.15, -0.1) is 0 Å². The number of carbonyl (C=O) groups is 1. The first-order valence-corrected chi connectivity index (χ1v) is 7.58. The molecule has 140 valence electrons. The summed E-state index contributed by atoms with van der Waals surface area (Å²) in [4.78, 5) is 10.7. The molecule has 0 aliphatic carbocycles. The molecule has 0 spiro atoms. The molecule has 1 heterocycles. The van der Waals surface area contributed by atoms with Crippen LogP contribution in [0.2, 0.25) is 0 Å². The van der Waals surface area contributed by atoms with Crippen LogP contribution in [0.5, 0.6) is 0 Å². The van der Waals surface area contributed by atoms with E-state index >= 15 is 0 Å². The minimum atomic E-state index is -4.60. The van der Waals surface area contributed by atoms with E-state index in [0.717, 1.165) is 35.0 Å². The molecule has 0 unspecified atom stereocenters. The topological polar surface area (TPSA) is 55.1 Å². The van der Waals surface area contributed by atoms with Gasteiger partial charge < -0.3 is 5.11 Å². The van der Waals surface area contributed by atoms with E-state index in [-0.39, 0.29) is 28.7 Å². The molecule has 0 atom stereocenters. The molecule has 0 saturated heterocycles. The van der Waals surface area contributed by atoms with Gasteiger partial charge in [0.25, 0.3) is 0 Å². The zero-order valence-corrected chi connectivity index (χ0v) is 13.5. The number of aliphatic carboxylic acids is 1. The van der Waals surface area contributed by atoms with Crippen molar-refractivity contribution in [1.29, 1.82) is 0 Å². The van der Waals surface area contributed by atoms with Gasteiger partial charge in [-0.05, 0) is 30.3 Å². The van der Waals surface area contributed by atoms with E-state index < -0.39 is 29.3 Å². The predicted octanol–water partition coefficient (Wildman–Crippen LogP) is 4.48. The summed E-state index contributed by atoms with van der Waals surface area (Å²) < 4.78 is 67.1. The van der Waals surface area contributed by atoms with E-state index in [0.29, 0.717) is 6.07 Å². The third-order valence-electron chi connectivity index (χ3n) is 3.83. The number of nitrogens with zero attached hydrogens (tertiary/aromatic N) is 2. The summed E-state index contributed by atoms with van der Waals surface area (Å²) in [5.74, 6) is -2.91. The highest BCUT2D eigenvalue weighted by molar-refractivity contribution is 5.92. The Morgan fingerprint density at radius 1 is 1.15 bits per heavy atom. The number of benzene rings is 2. The lowest BCUT2D eigenvalue weighted by atomic mass is 10.1. The molecule has 1 N–H and O–H groups in total. The van der Waals surface area contributed by atoms with Crippen molar-refractivity contribution in [1.82, 2.24) is 9.78 Å². The van der Waals surface area contributed by atoms with Gasteiger partial charge >= 0.3 is 12.1 Å². The van der Waals surface area contributed by atoms with Crippen molar-refractivity contribution in [2.24, 2.45) is 0 Å². The molecule has 0 fully saturated rings. The number of hydrogen-bond acceptors (Lipinski definition) is 2. The fourth-order valence-electron chi connectivity index (χ4n) is 2.58. The minimum Gasteiger partial charge on any atom is -0.478 e. The highest BCUT2D eigenvalue weighted by atomic mass is 19.4. The Bertz CT molecular complexity index is 1050. The van der Waals surface area contributed by atoms with Crippen LogP contribution in [0.3, 0.4) is 0 Å². The molecular weight excluding hydrogens is 371 g/mol. The first-order valence-electron chi connectivity index (χ1n) is 7.58. The summed E-state index contributed by atoms with van der Waals surface area (Å²) in [6, 6.07) is 5.72. The number of alkyl halides is 3. The van der Waals surface area contributed by atoms with Crippen LogP contribution in [0, 0.1) is 11.6 Å². The number of fused-ring (bicyclic) bond motifs is 1. The van der Waals surface area contributed by atoms with E-state index in [9.17, 15) is 26.7 Å². The van der Waals surface area contributed by atoms with Gasteiger partial charge in [-0.1, -0.05) is 6.07 Å². The maximum Gasteiger partial charge on any atom is 0.416 e. The second-order valence-electron chi connectivity index (χ2n) is 5.68. The van der Waals surface area contributed by atoms with Gasteiger partial charge in [-0.2, -0.15) is 18.3 Å². The molecule has 0 bridgehead atoms. The van der Waals surface area contributed by atoms with Crippen molar-refractivity contribution in [3.8, 4) is 0 Å². The van der Waals surface area contributed by atoms with Gasteiger partial charge in [0.15, 0.2) is 0 Å². The molecule has 0 aliphatic rings. The number of halogens is 5. The molecule has 0 radical (unpaired) electrons. The summed E-state index contributed by atoms with van der Waals surface area (Å²) in [6.45, 7) is -0.259. The molecule has 3 rings (SSSR count). The Hall–Kier alpha value is -3.23. The molecule has 4 nitrogen and oxygen atoms in total. The normalized spacial score (nSPS) is 12.2. The lowest BCUT2D eigenvalue weighted by Gasteiger charge is -2.08. The van der Waals surface area contributed by atoms with Gasteiger partial charge in [-0.25, -0.2) is 13.6 Å². The third-order valence-corrected chi connectivity index (χ3v) is 3.83. The Morgan fingerprint density at radius 2 is 1.89 bits per heavy atom. The smallest absolute Gasteiger partial charge is 0.416 e. The fraction of sp³-hybridized carbons (Fsp3) is 0.111. The lowest BCUT2D eigenvalue weighted by Crippen LogP contribution is -2.07. The minimum absolute atomic E-state index is 0.0203. The summed E-state index contributed by atoms with van der Waals surface area (Å²) in [5, 5.41) is 13.1. The van der Waals surface area contributed by atoms with E-state index in [1.54, 1.807) is 0 Å². The van der Waals surface area contributed by atoms with Gasteiger partial charge in [0.2, 0.25) is 0 Å². The van der Waals surface area contributed by atoms with E-state index in [1.807, 2.05) is 0 Å². The number of carboxylic acids is 1. The van der Waals surface area contributed by atoms with Crippen LogP contribution in [0.25, 0.3) is 17.0 Å². The zero-order chi connectivity index (χ0) is 19.8. The molecule has 1 aromatic heterocycles. The summed E-state index contributed by atoms with van der Waals surface area (Å²) in [6.07, 6.45) is -2.67. The van der Waals surface area contributed by atoms with Gasteiger partial charge in [0.05, 0.1) is 23.3 Å². The second kappa shape index (κ2) is 6.82. The number of hydrogen-bond donors (Lipinski definition) is 1. The van der Waals surface area contributed by atoms with Crippen molar-refractivity contribution in [3.05, 3.63) is 70.9 Å². The summed E-state index contributed by atoms with van der Waals surface area (Å²) >= 11 is 0. The van der Waals surface area contributed by atoms with Crippen molar-refractivity contribution < 1.29 is 31.9 Å². The van der Waals surface area contributed by atoms with Crippen molar-refractivity contribution in [2.45, 2.75) is 12.7 Å². The molecule has 9 heteroatoms. The lowest BCUT2D eigenvalue weighted by molar-refractivity contribution is -0.137. The maximum atomic E-state index is 13.9. The highest BCUT2D eigenvalue weighted by Crippen LogP contribution is 2.32. The first-order chi connectivity index (χ1) is 12.6. The zero-order valence-electron chi connectivity index (χ0n) is 13.5. The van der Waals surface area contributed by atoms with Crippen LogP contribution in [0.1, 0.15) is 16.8 Å². The maximum absolute atomic E-state index is 13.9. The molecular formula is C18H11F5N2O2. The van der Waals surface area contributed by atoms with Crippen molar-refractivity contribution >= 4 is 22.9 Å².